The van der Waals surface area contributed by atoms with Crippen molar-refractivity contribution in [3.8, 4) is 0 Å². The topological polar surface area (TPSA) is 72.2 Å². The van der Waals surface area contributed by atoms with Crippen LogP contribution < -0.4 is 10.5 Å². The molecule has 1 aromatic rings. The summed E-state index contributed by atoms with van der Waals surface area (Å²) in [5.41, 5.74) is 5.69. The van der Waals surface area contributed by atoms with Crippen molar-refractivity contribution in [2.75, 3.05) is 12.3 Å². The average molecular weight is 288 g/mol. The van der Waals surface area contributed by atoms with Gasteiger partial charge in [0.05, 0.1) is 4.90 Å². The van der Waals surface area contributed by atoms with Gasteiger partial charge in [-0.1, -0.05) is 20.8 Å². The predicted molar refractivity (Wildman–Crippen MR) is 74.8 cm³/mol. The molecule has 0 saturated heterocycles. The molecule has 1 rings (SSSR count). The van der Waals surface area contributed by atoms with E-state index in [1.165, 1.54) is 13.0 Å². The lowest BCUT2D eigenvalue weighted by Crippen LogP contribution is -2.28. The van der Waals surface area contributed by atoms with Crippen LogP contribution in [0, 0.1) is 18.2 Å². The molecule has 0 aliphatic carbocycles. The van der Waals surface area contributed by atoms with Gasteiger partial charge in [-0.05, 0) is 30.9 Å². The van der Waals surface area contributed by atoms with Crippen molar-refractivity contribution in [3.63, 3.8) is 0 Å². The third-order valence-corrected chi connectivity index (χ3v) is 4.36. The number of nitrogen functional groups attached to an aromatic ring is 1. The van der Waals surface area contributed by atoms with E-state index in [0.717, 1.165) is 6.07 Å². The molecule has 0 spiro atoms. The Morgan fingerprint density at radius 1 is 1.32 bits per heavy atom. The van der Waals surface area contributed by atoms with Gasteiger partial charge in [-0.25, -0.2) is 17.5 Å². The van der Waals surface area contributed by atoms with Gasteiger partial charge >= 0.3 is 0 Å². The molecular weight excluding hydrogens is 267 g/mol. The van der Waals surface area contributed by atoms with E-state index in [0.29, 0.717) is 13.0 Å². The quantitative estimate of drug-likeness (QED) is 0.836. The van der Waals surface area contributed by atoms with Crippen molar-refractivity contribution in [2.24, 2.45) is 5.41 Å². The summed E-state index contributed by atoms with van der Waals surface area (Å²) in [5, 5.41) is 0. The van der Waals surface area contributed by atoms with Gasteiger partial charge in [0.25, 0.3) is 0 Å². The lowest BCUT2D eigenvalue weighted by Gasteiger charge is -2.18. The van der Waals surface area contributed by atoms with Gasteiger partial charge < -0.3 is 5.73 Å². The number of rotatable bonds is 4. The maximum atomic E-state index is 13.5. The zero-order valence-corrected chi connectivity index (χ0v) is 12.6. The minimum absolute atomic E-state index is 0.0263. The molecule has 0 amide bonds. The highest BCUT2D eigenvalue weighted by Gasteiger charge is 2.20. The molecule has 19 heavy (non-hydrogen) atoms. The van der Waals surface area contributed by atoms with Crippen LogP contribution in [0.2, 0.25) is 0 Å². The zero-order valence-electron chi connectivity index (χ0n) is 11.7. The minimum Gasteiger partial charge on any atom is -0.399 e. The van der Waals surface area contributed by atoms with E-state index in [9.17, 15) is 12.8 Å². The lowest BCUT2D eigenvalue weighted by molar-refractivity contribution is 0.378. The molecule has 0 heterocycles. The Kier molecular flexibility index (Phi) is 4.58. The highest BCUT2D eigenvalue weighted by molar-refractivity contribution is 7.89. The standard InChI is InChI=1S/C13H21FN2O2S/c1-9-11(14)7-10(15)8-12(9)19(17,18)16-6-5-13(2,3)4/h7-8,16H,5-6,15H2,1-4H3. The zero-order chi connectivity index (χ0) is 14.8. The van der Waals surface area contributed by atoms with Crippen LogP contribution in [0.3, 0.4) is 0 Å². The number of halogens is 1. The SMILES string of the molecule is Cc1c(F)cc(N)cc1S(=O)(=O)NCCC(C)(C)C. The van der Waals surface area contributed by atoms with Crippen molar-refractivity contribution < 1.29 is 12.8 Å². The van der Waals surface area contributed by atoms with Crippen molar-refractivity contribution >= 4 is 15.7 Å². The first-order chi connectivity index (χ1) is 8.53. The van der Waals surface area contributed by atoms with Gasteiger partial charge in [0.2, 0.25) is 10.0 Å². The number of nitrogens with two attached hydrogens (primary N) is 1. The van der Waals surface area contributed by atoms with E-state index in [1.807, 2.05) is 20.8 Å². The Morgan fingerprint density at radius 3 is 2.42 bits per heavy atom. The monoisotopic (exact) mass is 288 g/mol. The fourth-order valence-electron chi connectivity index (χ4n) is 1.59. The number of hydrogen-bond acceptors (Lipinski definition) is 3. The van der Waals surface area contributed by atoms with Gasteiger partial charge in [0.15, 0.2) is 0 Å². The third-order valence-electron chi connectivity index (χ3n) is 2.78. The second kappa shape index (κ2) is 5.46. The molecule has 0 aliphatic rings. The molecule has 0 fully saturated rings. The summed E-state index contributed by atoms with van der Waals surface area (Å²) in [5.74, 6) is -0.615. The predicted octanol–water partition coefficient (Wildman–Crippen LogP) is 2.43. The van der Waals surface area contributed by atoms with Gasteiger partial charge in [0, 0.05) is 17.8 Å². The Bertz CT molecular complexity index is 563. The maximum Gasteiger partial charge on any atom is 0.241 e. The van der Waals surface area contributed by atoms with Crippen LogP contribution in [0.15, 0.2) is 17.0 Å². The molecule has 0 aliphatic heterocycles. The summed E-state index contributed by atoms with van der Waals surface area (Å²) >= 11 is 0. The van der Waals surface area contributed by atoms with Crippen LogP contribution in [-0.2, 0) is 10.0 Å². The lowest BCUT2D eigenvalue weighted by atomic mass is 9.93. The highest BCUT2D eigenvalue weighted by Crippen LogP contribution is 2.22. The largest absolute Gasteiger partial charge is 0.399 e. The summed E-state index contributed by atoms with van der Waals surface area (Å²) in [7, 11) is -3.73. The van der Waals surface area contributed by atoms with E-state index in [1.54, 1.807) is 0 Å². The third kappa shape index (κ3) is 4.47. The maximum absolute atomic E-state index is 13.5. The van der Waals surface area contributed by atoms with Crippen molar-refractivity contribution in [1.29, 1.82) is 0 Å². The van der Waals surface area contributed by atoms with Gasteiger partial charge in [-0.15, -0.1) is 0 Å². The Morgan fingerprint density at radius 2 is 1.89 bits per heavy atom. The van der Waals surface area contributed by atoms with E-state index < -0.39 is 15.8 Å². The van der Waals surface area contributed by atoms with E-state index in [2.05, 4.69) is 4.72 Å². The second-order valence-corrected chi connectivity index (χ2v) is 7.57. The van der Waals surface area contributed by atoms with Crippen molar-refractivity contribution in [3.05, 3.63) is 23.5 Å². The summed E-state index contributed by atoms with van der Waals surface area (Å²) < 4.78 is 40.2. The Balaban J connectivity index is 2.95. The fourth-order valence-corrected chi connectivity index (χ4v) is 2.91. The smallest absolute Gasteiger partial charge is 0.241 e. The minimum atomic E-state index is -3.73. The molecule has 0 radical (unpaired) electrons. The van der Waals surface area contributed by atoms with Gasteiger partial charge in [-0.2, -0.15) is 0 Å². The normalized spacial score (nSPS) is 12.7. The van der Waals surface area contributed by atoms with Crippen LogP contribution in [0.5, 0.6) is 0 Å². The van der Waals surface area contributed by atoms with Crippen molar-refractivity contribution in [1.82, 2.24) is 4.72 Å². The summed E-state index contributed by atoms with van der Waals surface area (Å²) in [6.07, 6.45) is 0.691. The Hall–Kier alpha value is -1.14. The van der Waals surface area contributed by atoms with Crippen LogP contribution in [0.25, 0.3) is 0 Å². The first-order valence-electron chi connectivity index (χ1n) is 6.08. The summed E-state index contributed by atoms with van der Waals surface area (Å²) in [4.78, 5) is -0.0982. The van der Waals surface area contributed by atoms with E-state index >= 15 is 0 Å². The molecular formula is C13H21FN2O2S. The van der Waals surface area contributed by atoms with Crippen molar-refractivity contribution in [2.45, 2.75) is 39.0 Å². The molecule has 4 nitrogen and oxygen atoms in total. The number of anilines is 1. The van der Waals surface area contributed by atoms with Gasteiger partial charge in [0.1, 0.15) is 5.82 Å². The van der Waals surface area contributed by atoms with Gasteiger partial charge in [-0.3, -0.25) is 0 Å². The highest BCUT2D eigenvalue weighted by atomic mass is 32.2. The van der Waals surface area contributed by atoms with Crippen LogP contribution >= 0.6 is 0 Å². The van der Waals surface area contributed by atoms with Crippen LogP contribution in [-0.4, -0.2) is 15.0 Å². The molecule has 0 bridgehead atoms. The fraction of sp³-hybridized carbons (Fsp3) is 0.538. The molecule has 0 unspecified atom stereocenters. The molecule has 3 N–H and O–H groups in total. The molecule has 0 aromatic heterocycles. The van der Waals surface area contributed by atoms with E-state index in [-0.39, 0.29) is 21.6 Å². The number of nitrogens with one attached hydrogen (secondary N) is 1. The second-order valence-electron chi connectivity index (χ2n) is 5.83. The molecule has 6 heteroatoms. The molecule has 1 aromatic carbocycles. The first-order valence-corrected chi connectivity index (χ1v) is 7.56. The Labute approximate surface area is 114 Å². The molecule has 0 atom stereocenters. The average Bonchev–Trinajstić information content (AvgIpc) is 2.20. The molecule has 0 saturated carbocycles. The van der Waals surface area contributed by atoms with Crippen LogP contribution in [0.4, 0.5) is 10.1 Å². The van der Waals surface area contributed by atoms with E-state index in [4.69, 9.17) is 5.73 Å². The number of benzene rings is 1. The summed E-state index contributed by atoms with van der Waals surface area (Å²) in [6.45, 7) is 7.79. The summed E-state index contributed by atoms with van der Waals surface area (Å²) in [6, 6.07) is 2.39. The van der Waals surface area contributed by atoms with Crippen LogP contribution in [0.1, 0.15) is 32.8 Å². The number of hydrogen-bond donors (Lipinski definition) is 2. The number of sulfonamides is 1. The molecule has 108 valence electrons. The first kappa shape index (κ1) is 15.9.